The number of hydrogen-bond donors (Lipinski definition) is 1. The summed E-state index contributed by atoms with van der Waals surface area (Å²) >= 11 is 18.8. The Hall–Kier alpha value is -1.69. The predicted molar refractivity (Wildman–Crippen MR) is 112 cm³/mol. The second-order valence-corrected chi connectivity index (χ2v) is 7.91. The summed E-state index contributed by atoms with van der Waals surface area (Å²) < 4.78 is 0. The van der Waals surface area contributed by atoms with Gasteiger partial charge in [-0.05, 0) is 38.0 Å². The molecule has 0 radical (unpaired) electrons. The van der Waals surface area contributed by atoms with Gasteiger partial charge in [-0.25, -0.2) is 4.79 Å². The van der Waals surface area contributed by atoms with Crippen LogP contribution in [0.1, 0.15) is 18.9 Å². The average molecular weight is 428 g/mol. The normalized spacial score (nSPS) is 17.6. The van der Waals surface area contributed by atoms with Gasteiger partial charge in [-0.2, -0.15) is 0 Å². The molecule has 1 fully saturated rings. The molecule has 1 aromatic carbocycles. The molecule has 144 valence electrons. The van der Waals surface area contributed by atoms with E-state index in [-0.39, 0.29) is 12.1 Å². The topological polar surface area (TPSA) is 48.5 Å². The van der Waals surface area contributed by atoms with Crippen molar-refractivity contribution in [2.24, 2.45) is 0 Å². The first kappa shape index (κ1) is 20.1. The molecule has 2 amide bonds. The van der Waals surface area contributed by atoms with E-state index < -0.39 is 0 Å². The van der Waals surface area contributed by atoms with E-state index in [1.807, 2.05) is 30.9 Å². The van der Waals surface area contributed by atoms with Crippen LogP contribution in [-0.2, 0) is 0 Å². The molecule has 8 heteroatoms. The summed E-state index contributed by atoms with van der Waals surface area (Å²) in [5, 5.41) is 4.60. The minimum atomic E-state index is -0.142. The van der Waals surface area contributed by atoms with E-state index >= 15 is 0 Å². The maximum atomic E-state index is 12.8. The van der Waals surface area contributed by atoms with Gasteiger partial charge in [0.25, 0.3) is 0 Å². The van der Waals surface area contributed by atoms with Crippen molar-refractivity contribution in [2.45, 2.75) is 26.3 Å². The van der Waals surface area contributed by atoms with E-state index in [0.717, 1.165) is 24.2 Å². The second kappa shape index (κ2) is 8.55. The Bertz CT molecular complexity index is 825. The summed E-state index contributed by atoms with van der Waals surface area (Å²) in [6.07, 6.45) is 3.98. The van der Waals surface area contributed by atoms with Crippen LogP contribution in [0.5, 0.6) is 0 Å². The van der Waals surface area contributed by atoms with Crippen LogP contribution in [0.25, 0.3) is 0 Å². The maximum absolute atomic E-state index is 12.8. The van der Waals surface area contributed by atoms with Gasteiger partial charge in [-0.15, -0.1) is 0 Å². The van der Waals surface area contributed by atoms with Crippen LogP contribution >= 0.6 is 34.8 Å². The molecule has 2 heterocycles. The number of carbonyl (C=O) groups is 1. The van der Waals surface area contributed by atoms with Gasteiger partial charge in [0.2, 0.25) is 0 Å². The average Bonchev–Trinajstić information content (AvgIpc) is 2.79. The Kier molecular flexibility index (Phi) is 6.35. The molecule has 1 unspecified atom stereocenters. The Labute approximate surface area is 174 Å². The number of halogens is 3. The Morgan fingerprint density at radius 2 is 1.85 bits per heavy atom. The van der Waals surface area contributed by atoms with Crippen LogP contribution in [0.2, 0.25) is 15.1 Å². The standard InChI is InChI=1S/C19H21Cl3N4O/c1-12-4-5-14(8-15(12)20)24-19(27)26-7-3-6-25(11-13(26)2)18-16(21)9-23-10-17(18)22/h4-5,8-10,13H,3,6-7,11H2,1-2H3,(H,24,27). The molecule has 27 heavy (non-hydrogen) atoms. The van der Waals surface area contributed by atoms with E-state index in [2.05, 4.69) is 15.2 Å². The van der Waals surface area contributed by atoms with Gasteiger partial charge < -0.3 is 15.1 Å². The lowest BCUT2D eigenvalue weighted by molar-refractivity contribution is 0.198. The predicted octanol–water partition coefficient (Wildman–Crippen LogP) is 5.48. The molecule has 5 nitrogen and oxygen atoms in total. The van der Waals surface area contributed by atoms with Crippen molar-refractivity contribution in [3.05, 3.63) is 51.2 Å². The highest BCUT2D eigenvalue weighted by atomic mass is 35.5. The van der Waals surface area contributed by atoms with E-state index in [1.165, 1.54) is 0 Å². The fraction of sp³-hybridized carbons (Fsp3) is 0.368. The zero-order valence-electron chi connectivity index (χ0n) is 15.2. The number of nitrogens with zero attached hydrogens (tertiary/aromatic N) is 3. The van der Waals surface area contributed by atoms with Crippen molar-refractivity contribution in [3.63, 3.8) is 0 Å². The molecule has 1 aromatic heterocycles. The Morgan fingerprint density at radius 1 is 1.15 bits per heavy atom. The maximum Gasteiger partial charge on any atom is 0.322 e. The van der Waals surface area contributed by atoms with Crippen LogP contribution in [-0.4, -0.2) is 41.6 Å². The SMILES string of the molecule is Cc1ccc(NC(=O)N2CCCN(c3c(Cl)cncc3Cl)CC2C)cc1Cl. The fourth-order valence-electron chi connectivity index (χ4n) is 3.24. The molecule has 1 N–H and O–H groups in total. The second-order valence-electron chi connectivity index (χ2n) is 6.69. The number of pyridine rings is 1. The smallest absolute Gasteiger partial charge is 0.322 e. The molecule has 0 saturated carbocycles. The van der Waals surface area contributed by atoms with Crippen LogP contribution < -0.4 is 10.2 Å². The first-order chi connectivity index (χ1) is 12.9. The largest absolute Gasteiger partial charge is 0.367 e. The quantitative estimate of drug-likeness (QED) is 0.690. The van der Waals surface area contributed by atoms with Gasteiger partial charge in [0.1, 0.15) is 0 Å². The lowest BCUT2D eigenvalue weighted by Crippen LogP contribution is -2.44. The molecule has 0 bridgehead atoms. The molecular formula is C19H21Cl3N4O. The Morgan fingerprint density at radius 3 is 2.52 bits per heavy atom. The summed E-state index contributed by atoms with van der Waals surface area (Å²) in [6, 6.07) is 5.34. The van der Waals surface area contributed by atoms with Crippen LogP contribution in [0.15, 0.2) is 30.6 Å². The van der Waals surface area contributed by atoms with Crippen LogP contribution in [0, 0.1) is 6.92 Å². The van der Waals surface area contributed by atoms with E-state index in [0.29, 0.717) is 33.8 Å². The van der Waals surface area contributed by atoms with Gasteiger partial charge in [0.15, 0.2) is 0 Å². The van der Waals surface area contributed by atoms with Crippen LogP contribution in [0.3, 0.4) is 0 Å². The van der Waals surface area contributed by atoms with Gasteiger partial charge in [0, 0.05) is 48.8 Å². The molecular weight excluding hydrogens is 407 g/mol. The molecule has 1 aliphatic heterocycles. The van der Waals surface area contributed by atoms with E-state index in [4.69, 9.17) is 34.8 Å². The zero-order chi connectivity index (χ0) is 19.6. The van der Waals surface area contributed by atoms with Crippen molar-refractivity contribution < 1.29 is 4.79 Å². The number of rotatable bonds is 2. The molecule has 0 spiro atoms. The highest BCUT2D eigenvalue weighted by molar-refractivity contribution is 6.38. The highest BCUT2D eigenvalue weighted by Gasteiger charge is 2.27. The van der Waals surface area contributed by atoms with Gasteiger partial charge >= 0.3 is 6.03 Å². The van der Waals surface area contributed by atoms with Gasteiger partial charge in [-0.1, -0.05) is 40.9 Å². The van der Waals surface area contributed by atoms with Crippen molar-refractivity contribution in [1.82, 2.24) is 9.88 Å². The molecule has 1 saturated heterocycles. The summed E-state index contributed by atoms with van der Waals surface area (Å²) in [5.41, 5.74) is 2.43. The summed E-state index contributed by atoms with van der Waals surface area (Å²) in [6.45, 7) is 5.97. The number of aryl methyl sites for hydroxylation is 1. The summed E-state index contributed by atoms with van der Waals surface area (Å²) in [4.78, 5) is 20.8. The number of aromatic nitrogens is 1. The number of amides is 2. The van der Waals surface area contributed by atoms with E-state index in [9.17, 15) is 4.79 Å². The molecule has 2 aromatic rings. The lowest BCUT2D eigenvalue weighted by atomic mass is 10.2. The first-order valence-corrected chi connectivity index (χ1v) is 9.88. The summed E-state index contributed by atoms with van der Waals surface area (Å²) in [5.74, 6) is 0. The Balaban J connectivity index is 1.73. The fourth-order valence-corrected chi connectivity index (χ4v) is 4.02. The zero-order valence-corrected chi connectivity index (χ0v) is 17.4. The molecule has 1 atom stereocenters. The van der Waals surface area contributed by atoms with E-state index in [1.54, 1.807) is 18.5 Å². The number of anilines is 2. The molecule has 1 aliphatic rings. The van der Waals surface area contributed by atoms with Crippen molar-refractivity contribution in [2.75, 3.05) is 29.9 Å². The third-order valence-electron chi connectivity index (χ3n) is 4.67. The third kappa shape index (κ3) is 4.60. The number of urea groups is 1. The summed E-state index contributed by atoms with van der Waals surface area (Å²) in [7, 11) is 0. The van der Waals surface area contributed by atoms with Crippen molar-refractivity contribution >= 4 is 52.2 Å². The van der Waals surface area contributed by atoms with Gasteiger partial charge in [0.05, 0.1) is 15.7 Å². The number of benzene rings is 1. The first-order valence-electron chi connectivity index (χ1n) is 8.74. The van der Waals surface area contributed by atoms with Gasteiger partial charge in [-0.3, -0.25) is 4.98 Å². The van der Waals surface area contributed by atoms with Crippen molar-refractivity contribution in [1.29, 1.82) is 0 Å². The lowest BCUT2D eigenvalue weighted by Gasteiger charge is -2.30. The molecule has 0 aliphatic carbocycles. The number of carbonyl (C=O) groups excluding carboxylic acids is 1. The van der Waals surface area contributed by atoms with Crippen molar-refractivity contribution in [3.8, 4) is 0 Å². The minimum absolute atomic E-state index is 0.0197. The molecule has 3 rings (SSSR count). The van der Waals surface area contributed by atoms with Crippen LogP contribution in [0.4, 0.5) is 16.2 Å². The monoisotopic (exact) mass is 426 g/mol. The number of nitrogens with one attached hydrogen (secondary N) is 1. The number of hydrogen-bond acceptors (Lipinski definition) is 3. The minimum Gasteiger partial charge on any atom is -0.367 e. The highest BCUT2D eigenvalue weighted by Crippen LogP contribution is 2.33. The third-order valence-corrected chi connectivity index (χ3v) is 5.63.